The van der Waals surface area contributed by atoms with Crippen molar-refractivity contribution in [1.29, 1.82) is 0 Å². The first-order valence-electron chi connectivity index (χ1n) is 4.56. The largest absolute Gasteiger partial charge is 0.151 e. The maximum absolute atomic E-state index is 3.71. The highest BCUT2D eigenvalue weighted by atomic mass is 32.2. The molecule has 0 saturated heterocycles. The Balaban J connectivity index is 4.13. The highest BCUT2D eigenvalue weighted by Crippen LogP contribution is 2.25. The van der Waals surface area contributed by atoms with E-state index in [1.165, 1.54) is 12.0 Å². The van der Waals surface area contributed by atoms with Crippen LogP contribution in [0, 0.1) is 0 Å². The third kappa shape index (κ3) is 4.66. The molecule has 1 atom stereocenters. The van der Waals surface area contributed by atoms with Gasteiger partial charge in [0.05, 0.1) is 0 Å². The van der Waals surface area contributed by atoms with Crippen molar-refractivity contribution >= 4 is 11.8 Å². The van der Waals surface area contributed by atoms with Crippen molar-refractivity contribution in [3.63, 3.8) is 0 Å². The summed E-state index contributed by atoms with van der Waals surface area (Å²) in [6, 6.07) is 0. The molecule has 0 amide bonds. The molecular formula is C11H20S. The van der Waals surface area contributed by atoms with E-state index in [9.17, 15) is 0 Å². The fraction of sp³-hybridized carbons (Fsp3) is 0.636. The van der Waals surface area contributed by atoms with E-state index in [0.717, 1.165) is 0 Å². The third-order valence-electron chi connectivity index (χ3n) is 1.70. The van der Waals surface area contributed by atoms with Crippen LogP contribution in [0.4, 0.5) is 0 Å². The normalized spacial score (nSPS) is 14.9. The quantitative estimate of drug-likeness (QED) is 0.581. The maximum Gasteiger partial charge on any atom is 0.0256 e. The SMILES string of the molecule is C=C/C=C(\C)C(CC)SC(C)C. The molecule has 0 bridgehead atoms. The van der Waals surface area contributed by atoms with Crippen LogP contribution >= 0.6 is 11.8 Å². The van der Waals surface area contributed by atoms with Crippen molar-refractivity contribution in [3.8, 4) is 0 Å². The van der Waals surface area contributed by atoms with E-state index in [2.05, 4.69) is 40.3 Å². The van der Waals surface area contributed by atoms with Gasteiger partial charge in [-0.1, -0.05) is 45.1 Å². The zero-order valence-corrected chi connectivity index (χ0v) is 9.45. The first kappa shape index (κ1) is 11.8. The van der Waals surface area contributed by atoms with Gasteiger partial charge in [0.25, 0.3) is 0 Å². The fourth-order valence-corrected chi connectivity index (χ4v) is 2.29. The van der Waals surface area contributed by atoms with Crippen molar-refractivity contribution in [2.45, 2.75) is 44.6 Å². The summed E-state index contributed by atoms with van der Waals surface area (Å²) in [5.41, 5.74) is 1.44. The molecular weight excluding hydrogens is 164 g/mol. The molecule has 0 aliphatic heterocycles. The van der Waals surface area contributed by atoms with E-state index < -0.39 is 0 Å². The lowest BCUT2D eigenvalue weighted by molar-refractivity contribution is 0.914. The van der Waals surface area contributed by atoms with Gasteiger partial charge in [0, 0.05) is 5.25 Å². The lowest BCUT2D eigenvalue weighted by Gasteiger charge is -2.17. The number of rotatable bonds is 5. The summed E-state index contributed by atoms with van der Waals surface area (Å²) in [6.45, 7) is 12.6. The molecule has 0 fully saturated rings. The van der Waals surface area contributed by atoms with Crippen molar-refractivity contribution in [2.75, 3.05) is 0 Å². The summed E-state index contributed by atoms with van der Waals surface area (Å²) < 4.78 is 0. The molecule has 0 saturated carbocycles. The number of thioether (sulfide) groups is 1. The van der Waals surface area contributed by atoms with Crippen molar-refractivity contribution in [2.24, 2.45) is 0 Å². The molecule has 0 aromatic rings. The van der Waals surface area contributed by atoms with Gasteiger partial charge in [-0.3, -0.25) is 0 Å². The molecule has 0 radical (unpaired) electrons. The fourth-order valence-electron chi connectivity index (χ4n) is 1.15. The molecule has 0 aromatic heterocycles. The molecule has 0 nitrogen and oxygen atoms in total. The topological polar surface area (TPSA) is 0 Å². The average molecular weight is 184 g/mol. The number of allylic oxidation sites excluding steroid dienone is 2. The van der Waals surface area contributed by atoms with Gasteiger partial charge in [-0.25, -0.2) is 0 Å². The maximum atomic E-state index is 3.71. The van der Waals surface area contributed by atoms with E-state index in [-0.39, 0.29) is 0 Å². The monoisotopic (exact) mass is 184 g/mol. The summed E-state index contributed by atoms with van der Waals surface area (Å²) in [6.07, 6.45) is 5.20. The highest BCUT2D eigenvalue weighted by molar-refractivity contribution is 8.00. The Kier molecular flexibility index (Phi) is 6.27. The van der Waals surface area contributed by atoms with E-state index in [1.807, 2.05) is 17.8 Å². The Morgan fingerprint density at radius 1 is 1.50 bits per heavy atom. The van der Waals surface area contributed by atoms with Crippen LogP contribution in [0.1, 0.15) is 34.1 Å². The molecule has 1 unspecified atom stereocenters. The van der Waals surface area contributed by atoms with Gasteiger partial charge >= 0.3 is 0 Å². The Morgan fingerprint density at radius 3 is 2.42 bits per heavy atom. The van der Waals surface area contributed by atoms with Gasteiger partial charge < -0.3 is 0 Å². The van der Waals surface area contributed by atoms with Gasteiger partial charge in [-0.15, -0.1) is 0 Å². The van der Waals surface area contributed by atoms with Gasteiger partial charge in [0.2, 0.25) is 0 Å². The second kappa shape index (κ2) is 6.36. The summed E-state index contributed by atoms with van der Waals surface area (Å²) in [4.78, 5) is 0. The summed E-state index contributed by atoms with van der Waals surface area (Å²) in [5, 5.41) is 1.38. The van der Waals surface area contributed by atoms with Crippen LogP contribution in [-0.4, -0.2) is 10.5 Å². The molecule has 70 valence electrons. The third-order valence-corrected chi connectivity index (χ3v) is 3.27. The summed E-state index contributed by atoms with van der Waals surface area (Å²) in [5.74, 6) is 0. The molecule has 0 rings (SSSR count). The average Bonchev–Trinajstić information content (AvgIpc) is 2.00. The van der Waals surface area contributed by atoms with Crippen LogP contribution in [-0.2, 0) is 0 Å². The zero-order valence-electron chi connectivity index (χ0n) is 8.63. The second-order valence-electron chi connectivity index (χ2n) is 3.23. The lowest BCUT2D eigenvalue weighted by atomic mass is 10.1. The lowest BCUT2D eigenvalue weighted by Crippen LogP contribution is -2.06. The predicted octanol–water partition coefficient (Wildman–Crippen LogP) is 4.04. The van der Waals surface area contributed by atoms with Crippen LogP contribution in [0.2, 0.25) is 0 Å². The molecule has 0 aliphatic rings. The van der Waals surface area contributed by atoms with Crippen molar-refractivity contribution in [3.05, 3.63) is 24.3 Å². The first-order chi connectivity index (χ1) is 5.61. The van der Waals surface area contributed by atoms with Gasteiger partial charge in [-0.2, -0.15) is 11.8 Å². The van der Waals surface area contributed by atoms with Crippen LogP contribution in [0.25, 0.3) is 0 Å². The first-order valence-corrected chi connectivity index (χ1v) is 5.50. The van der Waals surface area contributed by atoms with Gasteiger partial charge in [-0.05, 0) is 18.6 Å². The minimum absolute atomic E-state index is 0.669. The molecule has 0 heterocycles. The van der Waals surface area contributed by atoms with Gasteiger partial charge in [0.15, 0.2) is 0 Å². The minimum Gasteiger partial charge on any atom is -0.151 e. The molecule has 0 N–H and O–H groups in total. The Labute approximate surface area is 81.1 Å². The summed E-state index contributed by atoms with van der Waals surface area (Å²) >= 11 is 2.03. The van der Waals surface area contributed by atoms with Crippen LogP contribution < -0.4 is 0 Å². The van der Waals surface area contributed by atoms with Crippen LogP contribution in [0.5, 0.6) is 0 Å². The number of hydrogen-bond acceptors (Lipinski definition) is 1. The Bertz CT molecular complexity index is 156. The van der Waals surface area contributed by atoms with Crippen LogP contribution in [0.15, 0.2) is 24.3 Å². The van der Waals surface area contributed by atoms with Crippen molar-refractivity contribution < 1.29 is 0 Å². The second-order valence-corrected chi connectivity index (χ2v) is 5.01. The van der Waals surface area contributed by atoms with E-state index >= 15 is 0 Å². The Morgan fingerprint density at radius 2 is 2.08 bits per heavy atom. The smallest absolute Gasteiger partial charge is 0.0256 e. The van der Waals surface area contributed by atoms with E-state index in [1.54, 1.807) is 0 Å². The van der Waals surface area contributed by atoms with Crippen molar-refractivity contribution in [1.82, 2.24) is 0 Å². The Hall–Kier alpha value is -0.170. The van der Waals surface area contributed by atoms with E-state index in [4.69, 9.17) is 0 Å². The highest BCUT2D eigenvalue weighted by Gasteiger charge is 2.09. The van der Waals surface area contributed by atoms with Gasteiger partial charge in [0.1, 0.15) is 0 Å². The van der Waals surface area contributed by atoms with Crippen LogP contribution in [0.3, 0.4) is 0 Å². The number of hydrogen-bond donors (Lipinski definition) is 0. The molecule has 0 aromatic carbocycles. The molecule has 0 spiro atoms. The standard InChI is InChI=1S/C11H20S/c1-6-8-10(5)11(7-2)12-9(3)4/h6,8-9,11H,1,7H2,2-5H3/b10-8+. The van der Waals surface area contributed by atoms with E-state index in [0.29, 0.717) is 10.5 Å². The molecule has 0 aliphatic carbocycles. The zero-order chi connectivity index (χ0) is 9.56. The molecule has 1 heteroatoms. The minimum atomic E-state index is 0.669. The predicted molar refractivity (Wildman–Crippen MR) is 60.8 cm³/mol. The molecule has 12 heavy (non-hydrogen) atoms. The summed E-state index contributed by atoms with van der Waals surface area (Å²) in [7, 11) is 0.